The first kappa shape index (κ1) is 20.8. The highest BCUT2D eigenvalue weighted by molar-refractivity contribution is 6.15. The summed E-state index contributed by atoms with van der Waals surface area (Å²) in [7, 11) is 0. The van der Waals surface area contributed by atoms with Gasteiger partial charge in [0, 0.05) is 6.08 Å². The lowest BCUT2D eigenvalue weighted by atomic mass is 9.95. The number of hydrogen-bond donors (Lipinski definition) is 1. The summed E-state index contributed by atoms with van der Waals surface area (Å²) >= 11 is 0. The molecule has 1 aliphatic rings. The van der Waals surface area contributed by atoms with Crippen LogP contribution in [0.4, 0.5) is 11.4 Å². The SMILES string of the molecule is C[C@H](OC(=O)/C=C/c1ccc(C#N)cc1)C(=O)N1c2ccccc2NC(=O)C1(C)C. The van der Waals surface area contributed by atoms with Crippen LogP contribution in [0.2, 0.25) is 0 Å². The highest BCUT2D eigenvalue weighted by Crippen LogP contribution is 2.37. The van der Waals surface area contributed by atoms with E-state index in [1.165, 1.54) is 24.0 Å². The molecule has 7 heteroatoms. The van der Waals surface area contributed by atoms with E-state index in [9.17, 15) is 14.4 Å². The van der Waals surface area contributed by atoms with Crippen LogP contribution in [0.5, 0.6) is 0 Å². The van der Waals surface area contributed by atoms with Crippen molar-refractivity contribution in [3.05, 3.63) is 65.7 Å². The first-order chi connectivity index (χ1) is 14.2. The van der Waals surface area contributed by atoms with E-state index in [4.69, 9.17) is 10.00 Å². The molecule has 2 amide bonds. The van der Waals surface area contributed by atoms with Gasteiger partial charge in [-0.25, -0.2) is 4.79 Å². The lowest BCUT2D eigenvalue weighted by molar-refractivity contribution is -0.149. The van der Waals surface area contributed by atoms with E-state index in [1.54, 1.807) is 62.4 Å². The molecule has 1 atom stereocenters. The lowest BCUT2D eigenvalue weighted by Crippen LogP contribution is -2.60. The van der Waals surface area contributed by atoms with E-state index in [0.29, 0.717) is 22.5 Å². The van der Waals surface area contributed by atoms with Crippen molar-refractivity contribution >= 4 is 35.2 Å². The lowest BCUT2D eigenvalue weighted by Gasteiger charge is -2.42. The molecule has 0 bridgehead atoms. The first-order valence-corrected chi connectivity index (χ1v) is 9.37. The van der Waals surface area contributed by atoms with Crippen molar-refractivity contribution in [2.45, 2.75) is 32.4 Å². The van der Waals surface area contributed by atoms with Crippen LogP contribution in [0.1, 0.15) is 31.9 Å². The molecule has 0 fully saturated rings. The van der Waals surface area contributed by atoms with Gasteiger partial charge in [0.15, 0.2) is 6.10 Å². The number of hydrogen-bond acceptors (Lipinski definition) is 5. The number of amides is 2. The number of para-hydroxylation sites is 2. The highest BCUT2D eigenvalue weighted by Gasteiger charge is 2.45. The number of carbonyl (C=O) groups is 3. The number of ether oxygens (including phenoxy) is 1. The maximum absolute atomic E-state index is 13.1. The van der Waals surface area contributed by atoms with Gasteiger partial charge in [0.2, 0.25) is 5.91 Å². The van der Waals surface area contributed by atoms with Crippen LogP contribution in [-0.4, -0.2) is 29.4 Å². The summed E-state index contributed by atoms with van der Waals surface area (Å²) in [6.07, 6.45) is 1.66. The zero-order valence-corrected chi connectivity index (χ0v) is 16.9. The monoisotopic (exact) mass is 403 g/mol. The highest BCUT2D eigenvalue weighted by atomic mass is 16.5. The molecule has 1 N–H and O–H groups in total. The Kier molecular flexibility index (Phi) is 5.70. The van der Waals surface area contributed by atoms with E-state index < -0.39 is 23.5 Å². The van der Waals surface area contributed by atoms with Gasteiger partial charge in [0.1, 0.15) is 5.54 Å². The molecular formula is C23H21N3O4. The standard InChI is InChI=1S/C23H21N3O4/c1-15(30-20(27)13-12-16-8-10-17(14-24)11-9-16)21(28)26-19-7-5-4-6-18(19)25-22(29)23(26,2)3/h4-13,15H,1-3H3,(H,25,29)/b13-12+/t15-/m0/s1. The Labute approximate surface area is 174 Å². The molecule has 0 unspecified atom stereocenters. The average Bonchev–Trinajstić information content (AvgIpc) is 2.73. The van der Waals surface area contributed by atoms with Crippen molar-refractivity contribution in [1.82, 2.24) is 0 Å². The van der Waals surface area contributed by atoms with Crippen molar-refractivity contribution in [1.29, 1.82) is 5.26 Å². The maximum Gasteiger partial charge on any atom is 0.331 e. The van der Waals surface area contributed by atoms with Crippen LogP contribution in [0.25, 0.3) is 6.08 Å². The molecule has 0 saturated heterocycles. The number of rotatable bonds is 4. The molecule has 0 aromatic heterocycles. The van der Waals surface area contributed by atoms with Crippen LogP contribution in [0.15, 0.2) is 54.6 Å². The largest absolute Gasteiger partial charge is 0.449 e. The fourth-order valence-electron chi connectivity index (χ4n) is 3.13. The number of carbonyl (C=O) groups excluding carboxylic acids is 3. The molecule has 0 radical (unpaired) electrons. The average molecular weight is 403 g/mol. The second-order valence-electron chi connectivity index (χ2n) is 7.35. The number of nitriles is 1. The van der Waals surface area contributed by atoms with E-state index in [0.717, 1.165) is 0 Å². The van der Waals surface area contributed by atoms with E-state index >= 15 is 0 Å². The molecule has 0 aliphatic carbocycles. The molecule has 2 aromatic rings. The summed E-state index contributed by atoms with van der Waals surface area (Å²) in [5.74, 6) is -1.51. The minimum Gasteiger partial charge on any atom is -0.449 e. The van der Waals surface area contributed by atoms with Crippen LogP contribution < -0.4 is 10.2 Å². The Morgan fingerprint density at radius 2 is 1.83 bits per heavy atom. The second kappa shape index (κ2) is 8.21. The van der Waals surface area contributed by atoms with E-state index in [2.05, 4.69) is 5.32 Å². The Bertz CT molecular complexity index is 1060. The molecule has 30 heavy (non-hydrogen) atoms. The fourth-order valence-corrected chi connectivity index (χ4v) is 3.13. The van der Waals surface area contributed by atoms with Crippen molar-refractivity contribution in [3.63, 3.8) is 0 Å². The zero-order chi connectivity index (χ0) is 21.9. The van der Waals surface area contributed by atoms with Gasteiger partial charge in [0.25, 0.3) is 5.91 Å². The zero-order valence-electron chi connectivity index (χ0n) is 16.9. The van der Waals surface area contributed by atoms with Gasteiger partial charge in [-0.1, -0.05) is 24.3 Å². The smallest absolute Gasteiger partial charge is 0.331 e. The van der Waals surface area contributed by atoms with Crippen molar-refractivity contribution in [2.24, 2.45) is 0 Å². The normalized spacial score (nSPS) is 15.7. The third-order valence-electron chi connectivity index (χ3n) is 4.82. The van der Waals surface area contributed by atoms with Gasteiger partial charge in [-0.15, -0.1) is 0 Å². The Morgan fingerprint density at radius 1 is 1.17 bits per heavy atom. The molecular weight excluding hydrogens is 382 g/mol. The third-order valence-corrected chi connectivity index (χ3v) is 4.82. The summed E-state index contributed by atoms with van der Waals surface area (Å²) < 4.78 is 5.27. The second-order valence-corrected chi connectivity index (χ2v) is 7.35. The van der Waals surface area contributed by atoms with Gasteiger partial charge in [-0.3, -0.25) is 14.5 Å². The number of nitrogens with zero attached hydrogens (tertiary/aromatic N) is 2. The molecule has 0 saturated carbocycles. The maximum atomic E-state index is 13.1. The van der Waals surface area contributed by atoms with Gasteiger partial charge in [-0.05, 0) is 56.7 Å². The Balaban J connectivity index is 1.74. The summed E-state index contributed by atoms with van der Waals surface area (Å²) in [5, 5.41) is 11.6. The van der Waals surface area contributed by atoms with Crippen molar-refractivity contribution in [3.8, 4) is 6.07 Å². The molecule has 7 nitrogen and oxygen atoms in total. The number of anilines is 2. The summed E-state index contributed by atoms with van der Waals surface area (Å²) in [4.78, 5) is 39.2. The predicted molar refractivity (Wildman–Crippen MR) is 112 cm³/mol. The first-order valence-electron chi connectivity index (χ1n) is 9.37. The van der Waals surface area contributed by atoms with Crippen molar-refractivity contribution < 1.29 is 19.1 Å². The number of nitrogens with one attached hydrogen (secondary N) is 1. The molecule has 1 heterocycles. The predicted octanol–water partition coefficient (Wildman–Crippen LogP) is 3.27. The van der Waals surface area contributed by atoms with E-state index in [-0.39, 0.29) is 5.91 Å². The van der Waals surface area contributed by atoms with Gasteiger partial charge in [0.05, 0.1) is 23.0 Å². The van der Waals surface area contributed by atoms with Gasteiger partial charge >= 0.3 is 5.97 Å². The molecule has 3 rings (SSSR count). The minimum atomic E-state index is -1.15. The fraction of sp³-hybridized carbons (Fsp3) is 0.217. The van der Waals surface area contributed by atoms with Gasteiger partial charge in [-0.2, -0.15) is 5.26 Å². The summed E-state index contributed by atoms with van der Waals surface area (Å²) in [6, 6.07) is 15.7. The Morgan fingerprint density at radius 3 is 2.50 bits per heavy atom. The van der Waals surface area contributed by atoms with Gasteiger partial charge < -0.3 is 10.1 Å². The summed E-state index contributed by atoms with van der Waals surface area (Å²) in [5.41, 5.74) is 1.15. The number of esters is 1. The van der Waals surface area contributed by atoms with Crippen molar-refractivity contribution in [2.75, 3.05) is 10.2 Å². The van der Waals surface area contributed by atoms with Crippen LogP contribution in [0, 0.1) is 11.3 Å². The van der Waals surface area contributed by atoms with Crippen LogP contribution in [0.3, 0.4) is 0 Å². The van der Waals surface area contributed by atoms with E-state index in [1.807, 2.05) is 6.07 Å². The molecule has 1 aliphatic heterocycles. The number of benzene rings is 2. The minimum absolute atomic E-state index is 0.325. The summed E-state index contributed by atoms with van der Waals surface area (Å²) in [6.45, 7) is 4.74. The topological polar surface area (TPSA) is 99.5 Å². The molecule has 2 aromatic carbocycles. The Hall–Kier alpha value is -3.92. The van der Waals surface area contributed by atoms with Crippen LogP contribution >= 0.6 is 0 Å². The van der Waals surface area contributed by atoms with Crippen LogP contribution in [-0.2, 0) is 19.1 Å². The quantitative estimate of drug-likeness (QED) is 0.624. The molecule has 0 spiro atoms. The number of fused-ring (bicyclic) bond motifs is 1. The third kappa shape index (κ3) is 4.08. The molecule has 152 valence electrons.